The van der Waals surface area contributed by atoms with Gasteiger partial charge >= 0.3 is 5.97 Å². The van der Waals surface area contributed by atoms with E-state index in [9.17, 15) is 19.5 Å². The lowest BCUT2D eigenvalue weighted by molar-refractivity contribution is -0.154. The summed E-state index contributed by atoms with van der Waals surface area (Å²) in [6, 6.07) is 8.26. The van der Waals surface area contributed by atoms with Gasteiger partial charge in [0.25, 0.3) is 0 Å². The number of nitrogens with zero attached hydrogens (tertiary/aromatic N) is 3. The lowest BCUT2D eigenvalue weighted by atomic mass is 9.66. The Morgan fingerprint density at radius 2 is 1.98 bits per heavy atom. The first-order chi connectivity index (χ1) is 20.4. The lowest BCUT2D eigenvalue weighted by Crippen LogP contribution is -2.60. The largest absolute Gasteiger partial charge is 0.461 e. The third-order valence-electron chi connectivity index (χ3n) is 9.40. The first-order valence-electron chi connectivity index (χ1n) is 15.0. The van der Waals surface area contributed by atoms with E-state index in [-0.39, 0.29) is 36.2 Å². The van der Waals surface area contributed by atoms with E-state index in [1.54, 1.807) is 27.6 Å². The van der Waals surface area contributed by atoms with Gasteiger partial charge in [0.1, 0.15) is 12.6 Å². The highest BCUT2D eigenvalue weighted by molar-refractivity contribution is 8.02. The van der Waals surface area contributed by atoms with Crippen LogP contribution in [-0.2, 0) is 30.3 Å². The molecular formula is C32H43N3O6S. The predicted molar refractivity (Wildman–Crippen MR) is 162 cm³/mol. The zero-order chi connectivity index (χ0) is 29.9. The Hall–Kier alpha value is -2.66. The quantitative estimate of drug-likeness (QED) is 0.272. The van der Waals surface area contributed by atoms with E-state index in [0.29, 0.717) is 39.3 Å². The highest BCUT2D eigenvalue weighted by Crippen LogP contribution is 2.69. The van der Waals surface area contributed by atoms with E-state index in [4.69, 9.17) is 9.47 Å². The number of esters is 1. The molecule has 0 saturated carbocycles. The maximum atomic E-state index is 14.8. The van der Waals surface area contributed by atoms with E-state index in [1.165, 1.54) is 6.08 Å². The molecule has 7 atom stereocenters. The number of morpholine rings is 1. The van der Waals surface area contributed by atoms with Gasteiger partial charge in [-0.05, 0) is 24.3 Å². The van der Waals surface area contributed by atoms with Crippen LogP contribution in [0.2, 0.25) is 0 Å². The Balaban J connectivity index is 1.52. The summed E-state index contributed by atoms with van der Waals surface area (Å²) in [7, 11) is 0. The number of aliphatic hydroxyl groups is 1. The molecule has 2 amide bonds. The molecule has 1 N–H and O–H groups in total. The zero-order valence-electron chi connectivity index (χ0n) is 24.4. The molecule has 1 aromatic rings. The average Bonchev–Trinajstić information content (AvgIpc) is 3.61. The van der Waals surface area contributed by atoms with E-state index >= 15 is 0 Å². The van der Waals surface area contributed by atoms with Crippen molar-refractivity contribution in [3.8, 4) is 0 Å². The smallest absolute Gasteiger partial charge is 0.311 e. The van der Waals surface area contributed by atoms with E-state index in [0.717, 1.165) is 25.1 Å². The first-order valence-corrected chi connectivity index (χ1v) is 15.9. The molecule has 228 valence electrons. The van der Waals surface area contributed by atoms with E-state index in [1.807, 2.05) is 30.3 Å². The number of rotatable bonds is 13. The first kappa shape index (κ1) is 30.8. The Kier molecular flexibility index (Phi) is 9.77. The van der Waals surface area contributed by atoms with Crippen LogP contribution in [0.4, 0.5) is 0 Å². The number of thioether (sulfide) groups is 1. The minimum Gasteiger partial charge on any atom is -0.461 e. The zero-order valence-corrected chi connectivity index (χ0v) is 25.3. The van der Waals surface area contributed by atoms with Gasteiger partial charge in [-0.3, -0.25) is 19.3 Å². The van der Waals surface area contributed by atoms with Crippen LogP contribution < -0.4 is 0 Å². The van der Waals surface area contributed by atoms with Crippen LogP contribution in [0, 0.1) is 17.8 Å². The third kappa shape index (κ3) is 5.54. The van der Waals surface area contributed by atoms with Crippen molar-refractivity contribution in [1.82, 2.24) is 14.7 Å². The molecule has 4 aliphatic heterocycles. The van der Waals surface area contributed by atoms with E-state index in [2.05, 4.69) is 25.0 Å². The van der Waals surface area contributed by atoms with Crippen LogP contribution in [0.5, 0.6) is 0 Å². The van der Waals surface area contributed by atoms with Crippen molar-refractivity contribution < 1.29 is 29.0 Å². The fraction of sp³-hybridized carbons (Fsp3) is 0.594. The highest BCUT2D eigenvalue weighted by Gasteiger charge is 2.77. The van der Waals surface area contributed by atoms with Crippen LogP contribution in [0.15, 0.2) is 55.6 Å². The fourth-order valence-electron chi connectivity index (χ4n) is 7.48. The number of ether oxygens (including phenoxy) is 2. The summed E-state index contributed by atoms with van der Waals surface area (Å²) in [5, 5.41) is 10.6. The van der Waals surface area contributed by atoms with Crippen molar-refractivity contribution in [2.75, 3.05) is 59.2 Å². The minimum atomic E-state index is -0.817. The van der Waals surface area contributed by atoms with Crippen LogP contribution in [-0.4, -0.2) is 119 Å². The van der Waals surface area contributed by atoms with Crippen molar-refractivity contribution in [2.45, 2.75) is 41.8 Å². The van der Waals surface area contributed by atoms with Crippen molar-refractivity contribution in [2.24, 2.45) is 17.8 Å². The summed E-state index contributed by atoms with van der Waals surface area (Å²) in [5.74, 6) is -2.12. The molecule has 2 bridgehead atoms. The number of likely N-dealkylation sites (tertiary alicyclic amines) is 1. The van der Waals surface area contributed by atoms with Gasteiger partial charge in [-0.1, -0.05) is 56.0 Å². The Morgan fingerprint density at radius 1 is 1.24 bits per heavy atom. The molecule has 3 unspecified atom stereocenters. The number of aliphatic hydroxyl groups excluding tert-OH is 1. The molecule has 4 fully saturated rings. The Labute approximate surface area is 252 Å². The summed E-state index contributed by atoms with van der Waals surface area (Å²) in [5.41, 5.74) is 0.965. The van der Waals surface area contributed by atoms with E-state index < -0.39 is 34.6 Å². The van der Waals surface area contributed by atoms with Gasteiger partial charge < -0.3 is 24.4 Å². The molecule has 0 aliphatic carbocycles. The van der Waals surface area contributed by atoms with Crippen LogP contribution in [0.25, 0.3) is 0 Å². The second-order valence-corrected chi connectivity index (χ2v) is 13.3. The molecule has 1 aromatic carbocycles. The number of carbonyl (C=O) groups excluding carboxylic acids is 3. The number of hydrogen-bond donors (Lipinski definition) is 1. The van der Waals surface area contributed by atoms with Gasteiger partial charge in [-0.15, -0.1) is 18.3 Å². The molecule has 4 aliphatic rings. The maximum absolute atomic E-state index is 14.8. The Morgan fingerprint density at radius 3 is 2.64 bits per heavy atom. The number of amides is 2. The van der Waals surface area contributed by atoms with Gasteiger partial charge in [-0.25, -0.2) is 0 Å². The number of fused-ring (bicyclic) bond motifs is 1. The molecule has 1 spiro atoms. The lowest BCUT2D eigenvalue weighted by Gasteiger charge is -2.42. The topological polar surface area (TPSA) is 99.6 Å². The van der Waals surface area contributed by atoms with Crippen LogP contribution in [0.3, 0.4) is 0 Å². The molecule has 4 saturated heterocycles. The maximum Gasteiger partial charge on any atom is 0.311 e. The highest BCUT2D eigenvalue weighted by atomic mass is 32.2. The van der Waals surface area contributed by atoms with Gasteiger partial charge in [0.2, 0.25) is 11.8 Å². The summed E-state index contributed by atoms with van der Waals surface area (Å²) in [6.07, 6.45) is 4.37. The minimum absolute atomic E-state index is 0.0183. The third-order valence-corrected chi connectivity index (χ3v) is 11.5. The summed E-state index contributed by atoms with van der Waals surface area (Å²) in [6.45, 7) is 13.9. The molecule has 0 radical (unpaired) electrons. The monoisotopic (exact) mass is 597 g/mol. The van der Waals surface area contributed by atoms with Crippen LogP contribution in [0.1, 0.15) is 18.9 Å². The van der Waals surface area contributed by atoms with Crippen molar-refractivity contribution in [3.05, 3.63) is 61.2 Å². The number of benzene rings is 1. The van der Waals surface area contributed by atoms with Crippen molar-refractivity contribution in [3.63, 3.8) is 0 Å². The molecule has 10 heteroatoms. The molecule has 5 rings (SSSR count). The van der Waals surface area contributed by atoms with Gasteiger partial charge in [0.15, 0.2) is 0 Å². The summed E-state index contributed by atoms with van der Waals surface area (Å²) in [4.78, 5) is 48.4. The number of hydrogen-bond acceptors (Lipinski definition) is 8. The van der Waals surface area contributed by atoms with Gasteiger partial charge in [-0.2, -0.15) is 0 Å². The predicted octanol–water partition coefficient (Wildman–Crippen LogP) is 2.00. The van der Waals surface area contributed by atoms with Crippen molar-refractivity contribution in [1.29, 1.82) is 0 Å². The summed E-state index contributed by atoms with van der Waals surface area (Å²) < 4.78 is 10.2. The standard InChI is InChI=1S/C32H43N3O6S/c1-4-11-34(13-12-33-14-17-40-18-15-33)30(38)28-32-22(3)19-25(42-32)26(31(39)41-16-5-2)27(32)29(37)35(28)24(21-36)20-23-9-7-6-8-10-23/h4-10,22,24-28,36H,1-2,11-21H2,3H3/t22?,24-,25+,26-,27+,28?,32?/m1/s1. The number of carbonyl (C=O) groups is 3. The van der Waals surface area contributed by atoms with Gasteiger partial charge in [0.05, 0.1) is 42.4 Å². The second-order valence-electron chi connectivity index (χ2n) is 11.8. The molecule has 42 heavy (non-hydrogen) atoms. The summed E-state index contributed by atoms with van der Waals surface area (Å²) >= 11 is 1.62. The molecular weight excluding hydrogens is 554 g/mol. The molecule has 9 nitrogen and oxygen atoms in total. The normalized spacial score (nSPS) is 31.0. The average molecular weight is 598 g/mol. The Bertz CT molecular complexity index is 1160. The van der Waals surface area contributed by atoms with Crippen LogP contribution >= 0.6 is 11.8 Å². The SMILES string of the molecule is C=CCOC(=O)[C@@H]1[C@@H]2CC(C)C3(S2)C(C(=O)N(CC=C)CCN2CCOCC2)N([C@@H](CO)Cc2ccccc2)C(=O)[C@H]13. The van der Waals surface area contributed by atoms with Crippen molar-refractivity contribution >= 4 is 29.5 Å². The van der Waals surface area contributed by atoms with Gasteiger partial charge in [0, 0.05) is 38.0 Å². The fourth-order valence-corrected chi connectivity index (χ4v) is 9.87. The second kappa shape index (κ2) is 13.3. The molecule has 0 aromatic heterocycles. The molecule has 4 heterocycles.